The van der Waals surface area contributed by atoms with Gasteiger partial charge in [0, 0.05) is 16.6 Å². The summed E-state index contributed by atoms with van der Waals surface area (Å²) in [6, 6.07) is 14.9. The van der Waals surface area contributed by atoms with Crippen LogP contribution in [-0.2, 0) is 6.42 Å². The Morgan fingerprint density at radius 1 is 1.15 bits per heavy atom. The van der Waals surface area contributed by atoms with Gasteiger partial charge < -0.3 is 10.1 Å². The average Bonchev–Trinajstić information content (AvgIpc) is 2.49. The van der Waals surface area contributed by atoms with Crippen molar-refractivity contribution >= 4 is 21.6 Å². The summed E-state index contributed by atoms with van der Waals surface area (Å²) >= 11 is 3.57. The van der Waals surface area contributed by atoms with Crippen LogP contribution in [-0.4, -0.2) is 7.11 Å². The van der Waals surface area contributed by atoms with Crippen LogP contribution in [0.2, 0.25) is 0 Å². The lowest BCUT2D eigenvalue weighted by Crippen LogP contribution is -2.07. The number of benzene rings is 2. The maximum Gasteiger partial charge on any atom is 0.121 e. The third kappa shape index (κ3) is 3.54. The number of hydrogen-bond acceptors (Lipinski definition) is 2. The highest BCUT2D eigenvalue weighted by atomic mass is 79.9. The van der Waals surface area contributed by atoms with Crippen molar-refractivity contribution in [1.82, 2.24) is 0 Å². The molecule has 0 radical (unpaired) electrons. The first-order valence-electron chi connectivity index (χ1n) is 6.83. The number of ether oxygens (including phenoxy) is 1. The lowest BCUT2D eigenvalue weighted by Gasteiger charge is -2.18. The SMILES string of the molecule is CCc1ccc(C(C)Nc2cc(OC)ccc2Br)cc1. The van der Waals surface area contributed by atoms with E-state index in [9.17, 15) is 0 Å². The Labute approximate surface area is 129 Å². The van der Waals surface area contributed by atoms with Gasteiger partial charge in [0.1, 0.15) is 5.75 Å². The number of hydrogen-bond donors (Lipinski definition) is 1. The largest absolute Gasteiger partial charge is 0.497 e. The summed E-state index contributed by atoms with van der Waals surface area (Å²) in [6.45, 7) is 4.33. The van der Waals surface area contributed by atoms with Crippen LogP contribution >= 0.6 is 15.9 Å². The molecule has 2 nitrogen and oxygen atoms in total. The first kappa shape index (κ1) is 14.9. The summed E-state index contributed by atoms with van der Waals surface area (Å²) in [5, 5.41) is 3.51. The number of rotatable bonds is 5. The molecule has 0 aliphatic heterocycles. The van der Waals surface area contributed by atoms with Gasteiger partial charge in [0.25, 0.3) is 0 Å². The Bertz CT molecular complexity index is 566. The first-order valence-corrected chi connectivity index (χ1v) is 7.62. The molecule has 1 unspecified atom stereocenters. The zero-order valence-corrected chi connectivity index (χ0v) is 13.7. The molecular weight excluding hydrogens is 314 g/mol. The molecule has 0 saturated heterocycles. The molecule has 20 heavy (non-hydrogen) atoms. The lowest BCUT2D eigenvalue weighted by atomic mass is 10.0. The highest BCUT2D eigenvalue weighted by molar-refractivity contribution is 9.10. The molecule has 0 aromatic heterocycles. The first-order chi connectivity index (χ1) is 9.63. The van der Waals surface area contributed by atoms with Crippen molar-refractivity contribution in [2.24, 2.45) is 0 Å². The summed E-state index contributed by atoms with van der Waals surface area (Å²) in [5.41, 5.74) is 3.68. The molecule has 0 saturated carbocycles. The molecule has 0 fully saturated rings. The van der Waals surface area contributed by atoms with Crippen LogP contribution in [0.1, 0.15) is 31.0 Å². The molecule has 0 amide bonds. The normalized spacial score (nSPS) is 12.0. The standard InChI is InChI=1S/C17H20BrNO/c1-4-13-5-7-14(8-6-13)12(2)19-17-11-15(20-3)9-10-16(17)18/h5-12,19H,4H2,1-3H3. The maximum atomic E-state index is 5.27. The van der Waals surface area contributed by atoms with E-state index < -0.39 is 0 Å². The summed E-state index contributed by atoms with van der Waals surface area (Å²) < 4.78 is 6.30. The zero-order valence-electron chi connectivity index (χ0n) is 12.1. The highest BCUT2D eigenvalue weighted by Crippen LogP contribution is 2.30. The van der Waals surface area contributed by atoms with Crippen molar-refractivity contribution < 1.29 is 4.74 Å². The van der Waals surface area contributed by atoms with Crippen LogP contribution in [0.25, 0.3) is 0 Å². The minimum atomic E-state index is 0.240. The van der Waals surface area contributed by atoms with E-state index in [0.29, 0.717) is 0 Å². The van der Waals surface area contributed by atoms with E-state index in [1.165, 1.54) is 11.1 Å². The fourth-order valence-electron chi connectivity index (χ4n) is 2.10. The Morgan fingerprint density at radius 2 is 1.85 bits per heavy atom. The number of methoxy groups -OCH3 is 1. The smallest absolute Gasteiger partial charge is 0.121 e. The van der Waals surface area contributed by atoms with Crippen LogP contribution in [0.4, 0.5) is 5.69 Å². The highest BCUT2D eigenvalue weighted by Gasteiger charge is 2.08. The maximum absolute atomic E-state index is 5.27. The second-order valence-electron chi connectivity index (χ2n) is 4.81. The van der Waals surface area contributed by atoms with Crippen LogP contribution in [0.5, 0.6) is 5.75 Å². The molecule has 0 spiro atoms. The molecule has 106 valence electrons. The number of anilines is 1. The van der Waals surface area contributed by atoms with Gasteiger partial charge in [-0.1, -0.05) is 31.2 Å². The van der Waals surface area contributed by atoms with Gasteiger partial charge in [-0.15, -0.1) is 0 Å². The Morgan fingerprint density at radius 3 is 2.45 bits per heavy atom. The van der Waals surface area contributed by atoms with Crippen LogP contribution < -0.4 is 10.1 Å². The van der Waals surface area contributed by atoms with E-state index in [1.54, 1.807) is 7.11 Å². The number of aryl methyl sites for hydroxylation is 1. The van der Waals surface area contributed by atoms with E-state index in [1.807, 2.05) is 18.2 Å². The molecule has 0 bridgehead atoms. The summed E-state index contributed by atoms with van der Waals surface area (Å²) in [5.74, 6) is 0.851. The van der Waals surface area contributed by atoms with Crippen LogP contribution in [0, 0.1) is 0 Å². The van der Waals surface area contributed by atoms with Crippen molar-refractivity contribution in [3.05, 3.63) is 58.1 Å². The van der Waals surface area contributed by atoms with E-state index in [2.05, 4.69) is 59.4 Å². The molecule has 2 aromatic rings. The molecule has 1 N–H and O–H groups in total. The van der Waals surface area contributed by atoms with Gasteiger partial charge in [-0.2, -0.15) is 0 Å². The topological polar surface area (TPSA) is 21.3 Å². The van der Waals surface area contributed by atoms with Crippen LogP contribution in [0.3, 0.4) is 0 Å². The van der Waals surface area contributed by atoms with Gasteiger partial charge in [0.15, 0.2) is 0 Å². The summed E-state index contributed by atoms with van der Waals surface area (Å²) in [4.78, 5) is 0. The van der Waals surface area contributed by atoms with E-state index in [4.69, 9.17) is 4.74 Å². The molecular formula is C17H20BrNO. The monoisotopic (exact) mass is 333 g/mol. The number of halogens is 1. The molecule has 0 aliphatic carbocycles. The molecule has 0 heterocycles. The summed E-state index contributed by atoms with van der Waals surface area (Å²) in [6.07, 6.45) is 1.07. The van der Waals surface area contributed by atoms with Gasteiger partial charge in [-0.05, 0) is 52.5 Å². The van der Waals surface area contributed by atoms with Gasteiger partial charge in [-0.3, -0.25) is 0 Å². The molecule has 2 aromatic carbocycles. The van der Waals surface area contributed by atoms with Crippen LogP contribution in [0.15, 0.2) is 46.9 Å². The fraction of sp³-hybridized carbons (Fsp3) is 0.294. The van der Waals surface area contributed by atoms with E-state index in [0.717, 1.165) is 22.3 Å². The molecule has 3 heteroatoms. The predicted octanol–water partition coefficient (Wildman–Crippen LogP) is 5.19. The third-order valence-electron chi connectivity index (χ3n) is 3.43. The van der Waals surface area contributed by atoms with Gasteiger partial charge in [0.2, 0.25) is 0 Å². The third-order valence-corrected chi connectivity index (χ3v) is 4.13. The molecule has 0 aliphatic rings. The Hall–Kier alpha value is -1.48. The second-order valence-corrected chi connectivity index (χ2v) is 5.66. The van der Waals surface area contributed by atoms with Crippen molar-refractivity contribution in [2.45, 2.75) is 26.3 Å². The second kappa shape index (κ2) is 6.80. The van der Waals surface area contributed by atoms with Gasteiger partial charge in [-0.25, -0.2) is 0 Å². The van der Waals surface area contributed by atoms with Gasteiger partial charge >= 0.3 is 0 Å². The zero-order chi connectivity index (χ0) is 14.5. The summed E-state index contributed by atoms with van der Waals surface area (Å²) in [7, 11) is 1.68. The number of nitrogens with one attached hydrogen (secondary N) is 1. The molecule has 2 rings (SSSR count). The Kier molecular flexibility index (Phi) is 5.07. The average molecular weight is 334 g/mol. The molecule has 1 atom stereocenters. The van der Waals surface area contributed by atoms with E-state index in [-0.39, 0.29) is 6.04 Å². The quantitative estimate of drug-likeness (QED) is 0.812. The lowest BCUT2D eigenvalue weighted by molar-refractivity contribution is 0.415. The van der Waals surface area contributed by atoms with Crippen molar-refractivity contribution in [3.8, 4) is 5.75 Å². The van der Waals surface area contributed by atoms with E-state index >= 15 is 0 Å². The minimum absolute atomic E-state index is 0.240. The van der Waals surface area contributed by atoms with Gasteiger partial charge in [0.05, 0.1) is 12.8 Å². The van der Waals surface area contributed by atoms with Crippen molar-refractivity contribution in [2.75, 3.05) is 12.4 Å². The van der Waals surface area contributed by atoms with Crippen molar-refractivity contribution in [3.63, 3.8) is 0 Å². The van der Waals surface area contributed by atoms with Crippen molar-refractivity contribution in [1.29, 1.82) is 0 Å². The minimum Gasteiger partial charge on any atom is -0.497 e. The fourth-order valence-corrected chi connectivity index (χ4v) is 2.46. The Balaban J connectivity index is 2.15. The predicted molar refractivity (Wildman–Crippen MR) is 88.6 cm³/mol.